The summed E-state index contributed by atoms with van der Waals surface area (Å²) in [5.74, 6) is -5.60. The van der Waals surface area contributed by atoms with Gasteiger partial charge in [-0.3, -0.25) is 58.7 Å². The number of rotatable bonds is 26. The van der Waals surface area contributed by atoms with Crippen molar-refractivity contribution in [2.24, 2.45) is 11.8 Å². The molecule has 4 aliphatic rings. The summed E-state index contributed by atoms with van der Waals surface area (Å²) in [6.07, 6.45) is 2.82. The minimum atomic E-state index is -1.34. The maximum Gasteiger partial charge on any atom is 0.411 e. The molecule has 3 aliphatic heterocycles. The maximum absolute atomic E-state index is 14.0. The van der Waals surface area contributed by atoms with E-state index in [1.807, 2.05) is 6.07 Å². The fourth-order valence-electron chi connectivity index (χ4n) is 8.35. The van der Waals surface area contributed by atoms with E-state index in [0.29, 0.717) is 25.2 Å². The van der Waals surface area contributed by atoms with Crippen LogP contribution in [0.15, 0.2) is 71.7 Å². The van der Waals surface area contributed by atoms with Crippen LogP contribution in [-0.2, 0) is 54.3 Å². The molecule has 2 saturated heterocycles. The predicted molar refractivity (Wildman–Crippen MR) is 247 cm³/mol. The van der Waals surface area contributed by atoms with Crippen molar-refractivity contribution in [3.8, 4) is 0 Å². The lowest BCUT2D eigenvalue weighted by molar-refractivity contribution is -0.141. The fourth-order valence-corrected chi connectivity index (χ4v) is 8.35. The van der Waals surface area contributed by atoms with Gasteiger partial charge in [-0.25, -0.2) is 4.79 Å². The molecule has 2 aromatic carbocycles. The molecule has 22 heteroatoms. The van der Waals surface area contributed by atoms with Gasteiger partial charge in [0.15, 0.2) is 0 Å². The number of nitrogens with one attached hydrogen (secondary N) is 6. The van der Waals surface area contributed by atoms with Crippen LogP contribution >= 0.6 is 0 Å². The van der Waals surface area contributed by atoms with Crippen LogP contribution in [0.25, 0.3) is 0 Å². The summed E-state index contributed by atoms with van der Waals surface area (Å²) in [7, 11) is 0. The summed E-state index contributed by atoms with van der Waals surface area (Å²) < 4.78 is 23.0. The number of hydrogen-bond acceptors (Lipinski definition) is 15. The first kappa shape index (κ1) is 50.6. The number of aromatic nitrogens is 1. The molecule has 0 radical (unpaired) electrons. The highest BCUT2D eigenvalue weighted by molar-refractivity contribution is 6.38. The summed E-state index contributed by atoms with van der Waals surface area (Å²) in [4.78, 5) is 131. The molecule has 1 saturated carbocycles. The van der Waals surface area contributed by atoms with Crippen molar-refractivity contribution < 1.29 is 62.1 Å². The second kappa shape index (κ2) is 24.3. The molecule has 1 unspecified atom stereocenters. The number of hydrogen-bond donors (Lipinski definition) is 6. The van der Waals surface area contributed by atoms with Gasteiger partial charge < -0.3 is 44.8 Å². The van der Waals surface area contributed by atoms with Crippen LogP contribution in [-0.4, -0.2) is 134 Å². The molecule has 1 aliphatic carbocycles. The van der Waals surface area contributed by atoms with E-state index < -0.39 is 76.9 Å². The number of pyridine rings is 1. The molecular formula is C48H56N8O14. The Hall–Kier alpha value is -7.30. The first-order valence-electron chi connectivity index (χ1n) is 23.3. The Morgan fingerprint density at radius 2 is 1.44 bits per heavy atom. The van der Waals surface area contributed by atoms with Gasteiger partial charge in [-0.05, 0) is 61.4 Å². The molecule has 4 atom stereocenters. The lowest BCUT2D eigenvalue weighted by atomic mass is 9.94. The van der Waals surface area contributed by atoms with Gasteiger partial charge in [0.2, 0.25) is 29.4 Å². The Kier molecular flexibility index (Phi) is 17.6. The molecule has 372 valence electrons. The number of ether oxygens (including phenoxy) is 4. The number of carbonyl (C=O) groups is 9. The van der Waals surface area contributed by atoms with Crippen LogP contribution in [0, 0.1) is 11.8 Å². The molecule has 22 nitrogen and oxygen atoms in total. The number of benzene rings is 2. The summed E-state index contributed by atoms with van der Waals surface area (Å²) in [5.41, 5.74) is 0.658. The fraction of sp³-hybridized carbons (Fsp3) is 0.458. The number of nitrogens with zero attached hydrogens (tertiary/aromatic N) is 2. The van der Waals surface area contributed by atoms with Crippen molar-refractivity contribution in [2.75, 3.05) is 70.0 Å². The van der Waals surface area contributed by atoms with Crippen LogP contribution in [0.1, 0.15) is 77.3 Å². The van der Waals surface area contributed by atoms with Gasteiger partial charge in [0, 0.05) is 43.9 Å². The number of Topliss-reactive ketones (excluding diaryl/α,β-unsaturated/α-hetero) is 1. The number of piperidine rings is 1. The zero-order valence-electron chi connectivity index (χ0n) is 38.4. The number of amides is 8. The van der Waals surface area contributed by atoms with Crippen molar-refractivity contribution in [1.82, 2.24) is 30.7 Å². The summed E-state index contributed by atoms with van der Waals surface area (Å²) >= 11 is 0. The van der Waals surface area contributed by atoms with E-state index in [0.717, 1.165) is 23.3 Å². The molecule has 0 bridgehead atoms. The topological polar surface area (TPSA) is 288 Å². The minimum absolute atomic E-state index is 0.0247. The van der Waals surface area contributed by atoms with Crippen LogP contribution in [0.5, 0.6) is 0 Å². The molecule has 3 fully saturated rings. The SMILES string of the molecule is O=C1CCC(N2C(=O)c3cccc(NCCOCCOCCOCCOC(=O)Nc4cccn([C@@H](CC5CC5)C(=O)N[C@@H](C[C@@H]5CCNC5=O)C(=O)C(=O)NCc5ccccc5)c4=O)c3C2=O)C(=O)N1. The van der Waals surface area contributed by atoms with Crippen molar-refractivity contribution in [1.29, 1.82) is 0 Å². The van der Waals surface area contributed by atoms with E-state index in [1.54, 1.807) is 36.4 Å². The predicted octanol–water partition coefficient (Wildman–Crippen LogP) is 1.20. The first-order chi connectivity index (χ1) is 33.9. The zero-order chi connectivity index (χ0) is 49.6. The Bertz CT molecular complexity index is 2510. The normalized spacial score (nSPS) is 18.3. The Morgan fingerprint density at radius 1 is 0.729 bits per heavy atom. The molecule has 6 N–H and O–H groups in total. The number of anilines is 2. The van der Waals surface area contributed by atoms with Gasteiger partial charge in [-0.2, -0.15) is 0 Å². The van der Waals surface area contributed by atoms with E-state index in [2.05, 4.69) is 31.9 Å². The van der Waals surface area contributed by atoms with Gasteiger partial charge in [0.1, 0.15) is 24.4 Å². The molecule has 4 heterocycles. The standard InChI is InChI=1S/C48H56N8O14/c57-38-14-13-36(42(60)54-38)56-45(63)32-8-4-9-33(39(32)47(56)65)49-17-19-67-20-21-68-22-23-69-24-25-70-48(66)53-34-10-5-18-55(46(34)64)37(26-29-11-12-29)43(61)52-35(27-31-15-16-50-41(31)59)40(58)44(62)51-28-30-6-2-1-3-7-30/h1-10,18,29,31,35-37,49H,11-17,19-28H2,(H,50,59)(H,51,62)(H,52,61)(H,53,66)(H,54,57,60)/t31-,35-,36?,37-/m0/s1. The quantitative estimate of drug-likeness (QED) is 0.0375. The van der Waals surface area contributed by atoms with Crippen LogP contribution < -0.4 is 37.5 Å². The Labute approximate surface area is 401 Å². The van der Waals surface area contributed by atoms with E-state index in [9.17, 15) is 47.9 Å². The van der Waals surface area contributed by atoms with E-state index >= 15 is 0 Å². The minimum Gasteiger partial charge on any atom is -0.447 e. The third-order valence-corrected chi connectivity index (χ3v) is 12.2. The Balaban J connectivity index is 0.797. The highest BCUT2D eigenvalue weighted by Crippen LogP contribution is 2.37. The van der Waals surface area contributed by atoms with Gasteiger partial charge in [0.25, 0.3) is 23.3 Å². The lowest BCUT2D eigenvalue weighted by Gasteiger charge is -2.27. The molecule has 3 aromatic rings. The van der Waals surface area contributed by atoms with Gasteiger partial charge >= 0.3 is 6.09 Å². The van der Waals surface area contributed by atoms with Crippen LogP contribution in [0.2, 0.25) is 0 Å². The van der Waals surface area contributed by atoms with Gasteiger partial charge in [-0.15, -0.1) is 0 Å². The molecule has 8 amide bonds. The van der Waals surface area contributed by atoms with Crippen LogP contribution in [0.4, 0.5) is 16.2 Å². The lowest BCUT2D eigenvalue weighted by Crippen LogP contribution is -2.54. The molecule has 7 rings (SSSR count). The monoisotopic (exact) mass is 968 g/mol. The number of carbonyl (C=O) groups excluding carboxylic acids is 9. The third kappa shape index (κ3) is 13.3. The van der Waals surface area contributed by atoms with Crippen molar-refractivity contribution in [3.63, 3.8) is 0 Å². The Morgan fingerprint density at radius 3 is 2.14 bits per heavy atom. The number of imide groups is 2. The van der Waals surface area contributed by atoms with Crippen molar-refractivity contribution in [3.05, 3.63) is 93.9 Å². The van der Waals surface area contributed by atoms with Crippen molar-refractivity contribution in [2.45, 2.75) is 69.6 Å². The smallest absolute Gasteiger partial charge is 0.411 e. The maximum atomic E-state index is 14.0. The molecular weight excluding hydrogens is 913 g/mol. The zero-order valence-corrected chi connectivity index (χ0v) is 38.4. The number of ketones is 1. The average molecular weight is 969 g/mol. The highest BCUT2D eigenvalue weighted by Gasteiger charge is 2.46. The van der Waals surface area contributed by atoms with Gasteiger partial charge in [0.05, 0.1) is 56.8 Å². The average Bonchev–Trinajstić information content (AvgIpc) is 4.03. The summed E-state index contributed by atoms with van der Waals surface area (Å²) in [6.45, 7) is 1.81. The molecule has 1 aromatic heterocycles. The highest BCUT2D eigenvalue weighted by atomic mass is 16.6. The van der Waals surface area contributed by atoms with E-state index in [4.69, 9.17) is 18.9 Å². The molecule has 70 heavy (non-hydrogen) atoms. The van der Waals surface area contributed by atoms with E-state index in [-0.39, 0.29) is 107 Å². The summed E-state index contributed by atoms with van der Waals surface area (Å²) in [6, 6.07) is 13.1. The third-order valence-electron chi connectivity index (χ3n) is 12.2. The first-order valence-corrected chi connectivity index (χ1v) is 23.3. The van der Waals surface area contributed by atoms with Crippen LogP contribution in [0.3, 0.4) is 0 Å². The van der Waals surface area contributed by atoms with E-state index in [1.165, 1.54) is 29.0 Å². The van der Waals surface area contributed by atoms with Crippen molar-refractivity contribution >= 4 is 64.6 Å². The molecule has 0 spiro atoms. The second-order valence-corrected chi connectivity index (χ2v) is 17.1. The van der Waals surface area contributed by atoms with Gasteiger partial charge in [-0.1, -0.05) is 49.2 Å². The second-order valence-electron chi connectivity index (χ2n) is 17.1. The summed E-state index contributed by atoms with van der Waals surface area (Å²) in [5, 5.41) is 15.7. The largest absolute Gasteiger partial charge is 0.447 e. The number of fused-ring (bicyclic) bond motifs is 1.